The third-order valence-electron chi connectivity index (χ3n) is 4.09. The van der Waals surface area contributed by atoms with Crippen molar-refractivity contribution in [3.8, 4) is 0 Å². The fourth-order valence-corrected chi connectivity index (χ4v) is 2.98. The Morgan fingerprint density at radius 3 is 2.75 bits per heavy atom. The van der Waals surface area contributed by atoms with Gasteiger partial charge in [0.2, 0.25) is 0 Å². The smallest absolute Gasteiger partial charge is 0.0825 e. The van der Waals surface area contributed by atoms with Gasteiger partial charge in [-0.15, -0.1) is 0 Å². The molecular formula is C15H23N5. The molecule has 108 valence electrons. The molecule has 1 aliphatic carbocycles. The zero-order chi connectivity index (χ0) is 13.9. The second-order valence-corrected chi connectivity index (χ2v) is 5.73. The molecule has 2 aromatic heterocycles. The Morgan fingerprint density at radius 2 is 2.05 bits per heavy atom. The van der Waals surface area contributed by atoms with Crippen LogP contribution in [0, 0.1) is 6.92 Å². The summed E-state index contributed by atoms with van der Waals surface area (Å²) in [6.45, 7) is 2.77. The zero-order valence-corrected chi connectivity index (χ0v) is 12.3. The molecule has 1 aliphatic rings. The molecule has 1 fully saturated rings. The minimum absolute atomic E-state index is 0.609. The minimum Gasteiger partial charge on any atom is -0.377 e. The molecule has 3 rings (SSSR count). The van der Waals surface area contributed by atoms with Crippen LogP contribution in [-0.4, -0.2) is 19.6 Å². The van der Waals surface area contributed by atoms with Gasteiger partial charge in [-0.3, -0.25) is 9.36 Å². The first kappa shape index (κ1) is 13.2. The van der Waals surface area contributed by atoms with Crippen molar-refractivity contribution < 1.29 is 0 Å². The number of aryl methyl sites for hydroxylation is 2. The van der Waals surface area contributed by atoms with Crippen molar-refractivity contribution in [1.29, 1.82) is 0 Å². The van der Waals surface area contributed by atoms with Gasteiger partial charge in [-0.05, 0) is 25.8 Å². The van der Waals surface area contributed by atoms with Crippen LogP contribution in [0.3, 0.4) is 0 Å². The Labute approximate surface area is 120 Å². The predicted molar refractivity (Wildman–Crippen MR) is 79.6 cm³/mol. The van der Waals surface area contributed by atoms with Crippen LogP contribution in [0.25, 0.3) is 0 Å². The molecule has 0 unspecified atom stereocenters. The van der Waals surface area contributed by atoms with E-state index in [0.29, 0.717) is 6.04 Å². The van der Waals surface area contributed by atoms with E-state index in [1.165, 1.54) is 32.1 Å². The van der Waals surface area contributed by atoms with E-state index in [1.807, 2.05) is 24.9 Å². The molecule has 1 N–H and O–H groups in total. The highest BCUT2D eigenvalue weighted by Gasteiger charge is 2.15. The number of hydrogen-bond acceptors (Lipinski definition) is 3. The summed E-state index contributed by atoms with van der Waals surface area (Å²) in [4.78, 5) is 0. The normalized spacial score (nSPS) is 16.5. The molecule has 0 bridgehead atoms. The number of hydrogen-bond donors (Lipinski definition) is 1. The van der Waals surface area contributed by atoms with E-state index in [4.69, 9.17) is 5.10 Å². The summed E-state index contributed by atoms with van der Waals surface area (Å²) in [6.07, 6.45) is 10.7. The molecule has 0 saturated heterocycles. The summed E-state index contributed by atoms with van der Waals surface area (Å²) in [5, 5.41) is 12.5. The van der Waals surface area contributed by atoms with Gasteiger partial charge in [0, 0.05) is 19.4 Å². The van der Waals surface area contributed by atoms with Crippen molar-refractivity contribution in [2.24, 2.45) is 7.05 Å². The highest BCUT2D eigenvalue weighted by Crippen LogP contribution is 2.27. The number of rotatable bonds is 4. The van der Waals surface area contributed by atoms with E-state index in [1.54, 1.807) is 0 Å². The van der Waals surface area contributed by atoms with Gasteiger partial charge >= 0.3 is 0 Å². The first-order valence-electron chi connectivity index (χ1n) is 7.50. The lowest BCUT2D eigenvalue weighted by Crippen LogP contribution is -2.13. The van der Waals surface area contributed by atoms with Crippen LogP contribution in [0.4, 0.5) is 5.69 Å². The lowest BCUT2D eigenvalue weighted by atomic mass is 9.96. The predicted octanol–water partition coefficient (Wildman–Crippen LogP) is 3.04. The van der Waals surface area contributed by atoms with Crippen molar-refractivity contribution >= 4 is 5.69 Å². The van der Waals surface area contributed by atoms with Crippen LogP contribution in [0.15, 0.2) is 18.5 Å². The van der Waals surface area contributed by atoms with Crippen LogP contribution in [0.5, 0.6) is 0 Å². The Hall–Kier alpha value is -1.78. The van der Waals surface area contributed by atoms with Gasteiger partial charge in [0.25, 0.3) is 0 Å². The second-order valence-electron chi connectivity index (χ2n) is 5.73. The molecule has 5 heteroatoms. The van der Waals surface area contributed by atoms with Crippen molar-refractivity contribution in [1.82, 2.24) is 19.6 Å². The van der Waals surface area contributed by atoms with Crippen molar-refractivity contribution in [3.63, 3.8) is 0 Å². The van der Waals surface area contributed by atoms with E-state index in [9.17, 15) is 0 Å². The molecular weight excluding hydrogens is 250 g/mol. The number of aromatic nitrogens is 4. The fourth-order valence-electron chi connectivity index (χ4n) is 2.98. The quantitative estimate of drug-likeness (QED) is 0.931. The van der Waals surface area contributed by atoms with Gasteiger partial charge < -0.3 is 5.32 Å². The third-order valence-corrected chi connectivity index (χ3v) is 4.09. The van der Waals surface area contributed by atoms with Crippen molar-refractivity contribution in [3.05, 3.63) is 29.8 Å². The lowest BCUT2D eigenvalue weighted by Gasteiger charge is -2.21. The van der Waals surface area contributed by atoms with E-state index >= 15 is 0 Å². The number of anilines is 1. The second kappa shape index (κ2) is 5.69. The largest absolute Gasteiger partial charge is 0.377 e. The summed E-state index contributed by atoms with van der Waals surface area (Å²) >= 11 is 0. The molecule has 0 spiro atoms. The summed E-state index contributed by atoms with van der Waals surface area (Å²) in [6, 6.07) is 2.73. The van der Waals surface area contributed by atoms with Gasteiger partial charge in [-0.25, -0.2) is 0 Å². The molecule has 0 aromatic carbocycles. The highest BCUT2D eigenvalue weighted by molar-refractivity contribution is 5.45. The van der Waals surface area contributed by atoms with Crippen LogP contribution >= 0.6 is 0 Å². The molecule has 0 atom stereocenters. The number of nitrogens with zero attached hydrogens (tertiary/aromatic N) is 4. The van der Waals surface area contributed by atoms with E-state index in [2.05, 4.69) is 27.4 Å². The van der Waals surface area contributed by atoms with Gasteiger partial charge in [-0.2, -0.15) is 10.2 Å². The molecule has 0 radical (unpaired) electrons. The van der Waals surface area contributed by atoms with E-state index in [0.717, 1.165) is 23.6 Å². The van der Waals surface area contributed by atoms with Crippen LogP contribution in [0.2, 0.25) is 0 Å². The number of nitrogens with one attached hydrogen (secondary N) is 1. The zero-order valence-electron chi connectivity index (χ0n) is 12.3. The van der Waals surface area contributed by atoms with Crippen LogP contribution in [0.1, 0.15) is 49.5 Å². The van der Waals surface area contributed by atoms with Gasteiger partial charge in [0.15, 0.2) is 0 Å². The molecule has 2 heterocycles. The fraction of sp³-hybridized carbons (Fsp3) is 0.600. The molecule has 20 heavy (non-hydrogen) atoms. The molecule has 0 aliphatic heterocycles. The monoisotopic (exact) mass is 273 g/mol. The summed E-state index contributed by atoms with van der Waals surface area (Å²) in [5.74, 6) is 0. The van der Waals surface area contributed by atoms with Crippen molar-refractivity contribution in [2.45, 2.75) is 51.6 Å². The topological polar surface area (TPSA) is 47.7 Å². The Bertz CT molecular complexity index is 563. The summed E-state index contributed by atoms with van der Waals surface area (Å²) in [7, 11) is 1.94. The van der Waals surface area contributed by atoms with Gasteiger partial charge in [0.05, 0.1) is 29.7 Å². The summed E-state index contributed by atoms with van der Waals surface area (Å²) in [5.41, 5.74) is 3.21. The van der Waals surface area contributed by atoms with Gasteiger partial charge in [0.1, 0.15) is 0 Å². The van der Waals surface area contributed by atoms with Gasteiger partial charge in [-0.1, -0.05) is 19.3 Å². The lowest BCUT2D eigenvalue weighted by molar-refractivity contribution is 0.328. The van der Waals surface area contributed by atoms with Crippen molar-refractivity contribution in [2.75, 3.05) is 5.32 Å². The van der Waals surface area contributed by atoms with Crippen LogP contribution < -0.4 is 5.32 Å². The average Bonchev–Trinajstić information content (AvgIpc) is 3.04. The molecule has 2 aromatic rings. The standard InChI is InChI=1S/C15H23N5/c1-12-15(11-19(2)17-12)16-10-13-8-9-20(18-13)14-6-4-3-5-7-14/h8-9,11,14,16H,3-7,10H2,1-2H3. The highest BCUT2D eigenvalue weighted by atomic mass is 15.3. The maximum atomic E-state index is 4.71. The Kier molecular flexibility index (Phi) is 3.76. The summed E-state index contributed by atoms with van der Waals surface area (Å²) < 4.78 is 3.99. The third kappa shape index (κ3) is 2.86. The molecule has 1 saturated carbocycles. The van der Waals surface area contributed by atoms with E-state index < -0.39 is 0 Å². The Morgan fingerprint density at radius 1 is 1.25 bits per heavy atom. The minimum atomic E-state index is 0.609. The van der Waals surface area contributed by atoms with Crippen LogP contribution in [-0.2, 0) is 13.6 Å². The first-order valence-corrected chi connectivity index (χ1v) is 7.50. The average molecular weight is 273 g/mol. The SMILES string of the molecule is Cc1nn(C)cc1NCc1ccn(C2CCCCC2)n1. The Balaban J connectivity index is 1.61. The molecule has 5 nitrogen and oxygen atoms in total. The van der Waals surface area contributed by atoms with E-state index in [-0.39, 0.29) is 0 Å². The molecule has 0 amide bonds. The maximum Gasteiger partial charge on any atom is 0.0825 e. The maximum absolute atomic E-state index is 4.71. The first-order chi connectivity index (χ1) is 9.72.